The van der Waals surface area contributed by atoms with Crippen LogP contribution in [0.2, 0.25) is 0 Å². The number of alkyl halides is 3. The van der Waals surface area contributed by atoms with Gasteiger partial charge in [-0.25, -0.2) is 9.48 Å². The Kier molecular flexibility index (Phi) is 6.80. The average Bonchev–Trinajstić information content (AvgIpc) is 3.12. The fourth-order valence-corrected chi connectivity index (χ4v) is 3.96. The lowest BCUT2D eigenvalue weighted by Gasteiger charge is -2.32. The molecule has 1 aromatic carbocycles. The quantitative estimate of drug-likeness (QED) is 0.663. The molecule has 1 aromatic heterocycles. The summed E-state index contributed by atoms with van der Waals surface area (Å²) in [6, 6.07) is 4.68. The zero-order valence-corrected chi connectivity index (χ0v) is 18.1. The van der Waals surface area contributed by atoms with Crippen LogP contribution in [0.5, 0.6) is 5.75 Å². The number of carboxylic acids is 1. The molecule has 1 N–H and O–H groups in total. The monoisotopic (exact) mass is 453 g/mol. The van der Waals surface area contributed by atoms with Gasteiger partial charge in [0.05, 0.1) is 5.69 Å². The molecule has 0 unspecified atom stereocenters. The van der Waals surface area contributed by atoms with Gasteiger partial charge in [-0.3, -0.25) is 9.69 Å². The van der Waals surface area contributed by atoms with E-state index in [1.165, 1.54) is 23.2 Å². The van der Waals surface area contributed by atoms with E-state index in [9.17, 15) is 27.9 Å². The lowest BCUT2D eigenvalue weighted by Crippen LogP contribution is -2.43. The lowest BCUT2D eigenvalue weighted by atomic mass is 9.82. The van der Waals surface area contributed by atoms with Crippen LogP contribution in [-0.4, -0.2) is 39.2 Å². The number of benzene rings is 1. The smallest absolute Gasteiger partial charge is 0.477 e. The van der Waals surface area contributed by atoms with Gasteiger partial charge in [-0.1, -0.05) is 13.0 Å². The van der Waals surface area contributed by atoms with Crippen LogP contribution in [0, 0.1) is 11.8 Å². The normalized spacial score (nSPS) is 19.1. The van der Waals surface area contributed by atoms with Gasteiger partial charge in [0.15, 0.2) is 5.82 Å². The van der Waals surface area contributed by atoms with E-state index in [1.54, 1.807) is 13.8 Å². The van der Waals surface area contributed by atoms with Crippen molar-refractivity contribution in [3.63, 3.8) is 0 Å². The Morgan fingerprint density at radius 1 is 1.22 bits per heavy atom. The topological polar surface area (TPSA) is 84.7 Å². The largest absolute Gasteiger partial charge is 0.573 e. The second-order valence-corrected chi connectivity index (χ2v) is 8.42. The van der Waals surface area contributed by atoms with Crippen LogP contribution in [0.15, 0.2) is 30.5 Å². The van der Waals surface area contributed by atoms with E-state index < -0.39 is 18.1 Å². The second-order valence-electron chi connectivity index (χ2n) is 8.42. The first-order valence-electron chi connectivity index (χ1n) is 10.5. The molecule has 0 bridgehead atoms. The molecule has 0 spiro atoms. The Hall–Kier alpha value is -3.04. The van der Waals surface area contributed by atoms with Gasteiger partial charge in [0.25, 0.3) is 0 Å². The number of anilines is 1. The van der Waals surface area contributed by atoms with Crippen LogP contribution in [0.4, 0.5) is 19.0 Å². The van der Waals surface area contributed by atoms with Crippen molar-refractivity contribution in [3.8, 4) is 11.4 Å². The summed E-state index contributed by atoms with van der Waals surface area (Å²) in [5.74, 6) is -1.63. The highest BCUT2D eigenvalue weighted by Crippen LogP contribution is 2.33. The predicted octanol–water partition coefficient (Wildman–Crippen LogP) is 5.04. The number of carbonyl (C=O) groups excluding carboxylic acids is 1. The van der Waals surface area contributed by atoms with Gasteiger partial charge in [0.2, 0.25) is 5.91 Å². The average molecular weight is 453 g/mol. The molecule has 0 radical (unpaired) electrons. The molecule has 1 amide bonds. The van der Waals surface area contributed by atoms with Gasteiger partial charge in [-0.05, 0) is 57.6 Å². The van der Waals surface area contributed by atoms with Crippen molar-refractivity contribution in [3.05, 3.63) is 36.0 Å². The molecule has 174 valence electrons. The number of carbonyl (C=O) groups is 2. The molecule has 0 aliphatic heterocycles. The summed E-state index contributed by atoms with van der Waals surface area (Å²) >= 11 is 0. The van der Waals surface area contributed by atoms with Crippen molar-refractivity contribution >= 4 is 17.7 Å². The number of amides is 1. The maximum atomic E-state index is 13.3. The summed E-state index contributed by atoms with van der Waals surface area (Å²) in [5, 5.41) is 14.0. The molecule has 2 aromatic rings. The van der Waals surface area contributed by atoms with Gasteiger partial charge < -0.3 is 9.84 Å². The van der Waals surface area contributed by atoms with Crippen LogP contribution in [0.25, 0.3) is 5.69 Å². The van der Waals surface area contributed by atoms with Crippen molar-refractivity contribution in [2.24, 2.45) is 11.8 Å². The van der Waals surface area contributed by atoms with E-state index in [0.29, 0.717) is 5.92 Å². The first-order valence-corrected chi connectivity index (χ1v) is 10.5. The molecular formula is C22H26F3N3O4. The fraction of sp³-hybridized carbons (Fsp3) is 0.500. The van der Waals surface area contributed by atoms with Crippen molar-refractivity contribution < 1.29 is 32.6 Å². The molecule has 3 rings (SSSR count). The maximum absolute atomic E-state index is 13.3. The van der Waals surface area contributed by atoms with Crippen LogP contribution >= 0.6 is 0 Å². The number of hydrogen-bond donors (Lipinski definition) is 1. The third kappa shape index (κ3) is 5.41. The standard InChI is InChI=1S/C22H26F3N3O4/c1-13(2)28(20(29)15-9-7-14(3)8-10-15)19-18(21(30)31)12-27(26-19)16-5-4-6-17(11-16)32-22(23,24)25/h4-6,11-15H,7-10H2,1-3H3,(H,30,31)/t14-,15-. The molecule has 1 fully saturated rings. The summed E-state index contributed by atoms with van der Waals surface area (Å²) in [5.41, 5.74) is -0.0403. The zero-order chi connectivity index (χ0) is 23.6. The first-order chi connectivity index (χ1) is 15.0. The summed E-state index contributed by atoms with van der Waals surface area (Å²) < 4.78 is 42.8. The Labute approximate surface area is 183 Å². The lowest BCUT2D eigenvalue weighted by molar-refractivity contribution is -0.274. The Morgan fingerprint density at radius 2 is 1.88 bits per heavy atom. The summed E-state index contributed by atoms with van der Waals surface area (Å²) in [6.07, 6.45) is -0.371. The number of halogens is 3. The number of ether oxygens (including phenoxy) is 1. The van der Waals surface area contributed by atoms with E-state index in [4.69, 9.17) is 0 Å². The second kappa shape index (κ2) is 9.22. The Balaban J connectivity index is 1.98. The van der Waals surface area contributed by atoms with Crippen LogP contribution in [0.3, 0.4) is 0 Å². The molecule has 1 aliphatic carbocycles. The molecule has 1 heterocycles. The highest BCUT2D eigenvalue weighted by atomic mass is 19.4. The molecule has 0 saturated heterocycles. The zero-order valence-electron chi connectivity index (χ0n) is 18.1. The van der Waals surface area contributed by atoms with E-state index in [1.807, 2.05) is 0 Å². The minimum Gasteiger partial charge on any atom is -0.477 e. The number of carboxylic acid groups (broad SMARTS) is 1. The summed E-state index contributed by atoms with van der Waals surface area (Å²) in [6.45, 7) is 5.68. The van der Waals surface area contributed by atoms with E-state index >= 15 is 0 Å². The van der Waals surface area contributed by atoms with Gasteiger partial charge >= 0.3 is 12.3 Å². The Bertz CT molecular complexity index is 979. The fourth-order valence-electron chi connectivity index (χ4n) is 3.96. The molecule has 10 heteroatoms. The summed E-state index contributed by atoms with van der Waals surface area (Å²) in [4.78, 5) is 26.6. The van der Waals surface area contributed by atoms with Crippen molar-refractivity contribution in [1.29, 1.82) is 0 Å². The third-order valence-corrected chi connectivity index (χ3v) is 5.59. The minimum absolute atomic E-state index is 0.0294. The van der Waals surface area contributed by atoms with Crippen LogP contribution in [0.1, 0.15) is 56.8 Å². The van der Waals surface area contributed by atoms with Gasteiger partial charge in [-0.15, -0.1) is 18.3 Å². The Morgan fingerprint density at radius 3 is 2.44 bits per heavy atom. The molecule has 7 nitrogen and oxygen atoms in total. The predicted molar refractivity (Wildman–Crippen MR) is 111 cm³/mol. The molecule has 1 aliphatic rings. The number of aromatic carboxylic acids is 1. The number of nitrogens with zero attached hydrogens (tertiary/aromatic N) is 3. The molecule has 32 heavy (non-hydrogen) atoms. The SMILES string of the molecule is CC(C)N(c1nn(-c2cccc(OC(F)(F)F)c2)cc1C(=O)O)C(=O)[C@H]1CC[C@H](C)CC1. The van der Waals surface area contributed by atoms with Crippen molar-refractivity contribution in [2.75, 3.05) is 4.90 Å². The molecule has 1 saturated carbocycles. The van der Waals surface area contributed by atoms with Gasteiger partial charge in [0, 0.05) is 24.2 Å². The highest BCUT2D eigenvalue weighted by Gasteiger charge is 2.34. The van der Waals surface area contributed by atoms with Gasteiger partial charge in [0.1, 0.15) is 11.3 Å². The van der Waals surface area contributed by atoms with Crippen LogP contribution in [-0.2, 0) is 4.79 Å². The third-order valence-electron chi connectivity index (χ3n) is 5.59. The maximum Gasteiger partial charge on any atom is 0.573 e. The minimum atomic E-state index is -4.86. The highest BCUT2D eigenvalue weighted by molar-refractivity contribution is 6.01. The molecular weight excluding hydrogens is 427 g/mol. The molecule has 0 atom stereocenters. The van der Waals surface area contributed by atoms with E-state index in [2.05, 4.69) is 16.8 Å². The van der Waals surface area contributed by atoms with E-state index in [-0.39, 0.29) is 34.9 Å². The first kappa shape index (κ1) is 23.6. The number of hydrogen-bond acceptors (Lipinski definition) is 4. The van der Waals surface area contributed by atoms with Crippen molar-refractivity contribution in [2.45, 2.75) is 58.9 Å². The van der Waals surface area contributed by atoms with E-state index in [0.717, 1.165) is 42.5 Å². The summed E-state index contributed by atoms with van der Waals surface area (Å²) in [7, 11) is 0. The number of aromatic nitrogens is 2. The number of rotatable bonds is 6. The van der Waals surface area contributed by atoms with Crippen LogP contribution < -0.4 is 9.64 Å². The van der Waals surface area contributed by atoms with Crippen molar-refractivity contribution in [1.82, 2.24) is 9.78 Å². The van der Waals surface area contributed by atoms with Gasteiger partial charge in [-0.2, -0.15) is 0 Å².